The van der Waals surface area contributed by atoms with Gasteiger partial charge in [0.1, 0.15) is 0 Å². The standard InChI is InChI=1S/C17H19N/c1-3-14-10-11-17(18-13-14)12-15(4-2)16-8-6-5-7-9-16/h4-11,13,15H,2-3,12H2,1H3/t15-/m1/s1. The Bertz CT molecular complexity index is 485. The number of pyridine rings is 1. The summed E-state index contributed by atoms with van der Waals surface area (Å²) in [7, 11) is 0. The predicted octanol–water partition coefficient (Wildman–Crippen LogP) is 4.16. The van der Waals surface area contributed by atoms with Gasteiger partial charge in [0.2, 0.25) is 0 Å². The van der Waals surface area contributed by atoms with Crippen LogP contribution in [0.5, 0.6) is 0 Å². The van der Waals surface area contributed by atoms with E-state index < -0.39 is 0 Å². The predicted molar refractivity (Wildman–Crippen MR) is 76.7 cm³/mol. The Morgan fingerprint density at radius 2 is 1.94 bits per heavy atom. The van der Waals surface area contributed by atoms with Crippen LogP contribution in [-0.2, 0) is 12.8 Å². The zero-order valence-electron chi connectivity index (χ0n) is 10.8. The minimum absolute atomic E-state index is 0.339. The van der Waals surface area contributed by atoms with Gasteiger partial charge in [0.15, 0.2) is 0 Å². The van der Waals surface area contributed by atoms with Gasteiger partial charge < -0.3 is 0 Å². The minimum Gasteiger partial charge on any atom is -0.261 e. The Morgan fingerprint density at radius 3 is 2.50 bits per heavy atom. The average molecular weight is 237 g/mol. The van der Waals surface area contributed by atoms with E-state index >= 15 is 0 Å². The summed E-state index contributed by atoms with van der Waals surface area (Å²) in [6, 6.07) is 14.8. The molecule has 1 heteroatoms. The second-order valence-electron chi connectivity index (χ2n) is 4.47. The van der Waals surface area contributed by atoms with Crippen molar-refractivity contribution in [2.75, 3.05) is 0 Å². The first-order chi connectivity index (χ1) is 8.83. The molecule has 1 aromatic heterocycles. The maximum Gasteiger partial charge on any atom is 0.0413 e. The van der Waals surface area contributed by atoms with Crippen molar-refractivity contribution in [2.45, 2.75) is 25.7 Å². The van der Waals surface area contributed by atoms with E-state index in [2.05, 4.69) is 54.9 Å². The molecule has 92 valence electrons. The van der Waals surface area contributed by atoms with Crippen LogP contribution in [0.2, 0.25) is 0 Å². The SMILES string of the molecule is C=C[C@H](Cc1ccc(CC)cn1)c1ccccc1. The first-order valence-corrected chi connectivity index (χ1v) is 6.44. The fraction of sp³-hybridized carbons (Fsp3) is 0.235. The molecule has 0 fully saturated rings. The fourth-order valence-electron chi connectivity index (χ4n) is 2.05. The van der Waals surface area contributed by atoms with Gasteiger partial charge in [-0.15, -0.1) is 6.58 Å². The molecular formula is C17H19N. The number of nitrogens with zero attached hydrogens (tertiary/aromatic N) is 1. The van der Waals surface area contributed by atoms with Gasteiger partial charge >= 0.3 is 0 Å². The largest absolute Gasteiger partial charge is 0.261 e. The highest BCUT2D eigenvalue weighted by Crippen LogP contribution is 2.20. The molecular weight excluding hydrogens is 218 g/mol. The van der Waals surface area contributed by atoms with Crippen molar-refractivity contribution >= 4 is 0 Å². The van der Waals surface area contributed by atoms with Crippen LogP contribution >= 0.6 is 0 Å². The maximum absolute atomic E-state index is 4.52. The van der Waals surface area contributed by atoms with E-state index in [1.54, 1.807) is 0 Å². The molecule has 1 nitrogen and oxygen atoms in total. The topological polar surface area (TPSA) is 12.9 Å². The van der Waals surface area contributed by atoms with Crippen molar-refractivity contribution in [1.29, 1.82) is 0 Å². The Kier molecular flexibility index (Phi) is 4.30. The van der Waals surface area contributed by atoms with Gasteiger partial charge in [0, 0.05) is 17.8 Å². The van der Waals surface area contributed by atoms with E-state index in [9.17, 15) is 0 Å². The lowest BCUT2D eigenvalue weighted by atomic mass is 9.94. The Hall–Kier alpha value is -1.89. The van der Waals surface area contributed by atoms with Crippen molar-refractivity contribution < 1.29 is 0 Å². The quantitative estimate of drug-likeness (QED) is 0.712. The van der Waals surface area contributed by atoms with Gasteiger partial charge in [-0.1, -0.05) is 49.4 Å². The van der Waals surface area contributed by atoms with Crippen molar-refractivity contribution in [3.63, 3.8) is 0 Å². The van der Waals surface area contributed by atoms with Crippen molar-refractivity contribution in [1.82, 2.24) is 4.98 Å². The minimum atomic E-state index is 0.339. The zero-order valence-corrected chi connectivity index (χ0v) is 10.8. The molecule has 18 heavy (non-hydrogen) atoms. The lowest BCUT2D eigenvalue weighted by Crippen LogP contribution is -2.01. The normalized spacial score (nSPS) is 12.1. The van der Waals surface area contributed by atoms with E-state index in [1.165, 1.54) is 11.1 Å². The van der Waals surface area contributed by atoms with Gasteiger partial charge in [-0.25, -0.2) is 0 Å². The van der Waals surface area contributed by atoms with Crippen LogP contribution in [0.4, 0.5) is 0 Å². The van der Waals surface area contributed by atoms with Gasteiger partial charge in [0.25, 0.3) is 0 Å². The maximum atomic E-state index is 4.52. The molecule has 0 radical (unpaired) electrons. The summed E-state index contributed by atoms with van der Waals surface area (Å²) >= 11 is 0. The third-order valence-corrected chi connectivity index (χ3v) is 3.24. The molecule has 1 heterocycles. The molecule has 0 spiro atoms. The molecule has 2 rings (SSSR count). The highest BCUT2D eigenvalue weighted by molar-refractivity contribution is 5.26. The monoisotopic (exact) mass is 237 g/mol. The number of rotatable bonds is 5. The Labute approximate surface area is 109 Å². The number of aryl methyl sites for hydroxylation is 1. The summed E-state index contributed by atoms with van der Waals surface area (Å²) in [5.74, 6) is 0.339. The van der Waals surface area contributed by atoms with Crippen molar-refractivity contribution in [3.8, 4) is 0 Å². The van der Waals surface area contributed by atoms with Crippen LogP contribution in [0.25, 0.3) is 0 Å². The van der Waals surface area contributed by atoms with Crippen LogP contribution in [0.15, 0.2) is 61.3 Å². The van der Waals surface area contributed by atoms with Crippen molar-refractivity contribution in [2.24, 2.45) is 0 Å². The molecule has 0 unspecified atom stereocenters. The third-order valence-electron chi connectivity index (χ3n) is 3.24. The molecule has 0 amide bonds. The van der Waals surface area contributed by atoms with Crippen LogP contribution in [0.3, 0.4) is 0 Å². The number of benzene rings is 1. The lowest BCUT2D eigenvalue weighted by Gasteiger charge is -2.12. The van der Waals surface area contributed by atoms with E-state index in [0.29, 0.717) is 5.92 Å². The molecule has 0 aliphatic heterocycles. The summed E-state index contributed by atoms with van der Waals surface area (Å²) < 4.78 is 0. The van der Waals surface area contributed by atoms with Crippen LogP contribution < -0.4 is 0 Å². The zero-order chi connectivity index (χ0) is 12.8. The number of allylic oxidation sites excluding steroid dienone is 1. The summed E-state index contributed by atoms with van der Waals surface area (Å²) in [4.78, 5) is 4.52. The molecule has 0 saturated heterocycles. The van der Waals surface area contributed by atoms with Crippen LogP contribution in [0, 0.1) is 0 Å². The summed E-state index contributed by atoms with van der Waals surface area (Å²) in [5.41, 5.74) is 3.71. The lowest BCUT2D eigenvalue weighted by molar-refractivity contribution is 0.809. The van der Waals surface area contributed by atoms with E-state index in [1.807, 2.05) is 18.3 Å². The van der Waals surface area contributed by atoms with Gasteiger partial charge in [-0.2, -0.15) is 0 Å². The van der Waals surface area contributed by atoms with Crippen LogP contribution in [0.1, 0.15) is 29.7 Å². The van der Waals surface area contributed by atoms with Crippen LogP contribution in [-0.4, -0.2) is 4.98 Å². The third kappa shape index (κ3) is 3.07. The Balaban J connectivity index is 2.13. The number of hydrogen-bond acceptors (Lipinski definition) is 1. The molecule has 2 aromatic rings. The molecule has 1 aromatic carbocycles. The van der Waals surface area contributed by atoms with E-state index in [-0.39, 0.29) is 0 Å². The Morgan fingerprint density at radius 1 is 1.17 bits per heavy atom. The molecule has 0 bridgehead atoms. The second-order valence-corrected chi connectivity index (χ2v) is 4.47. The summed E-state index contributed by atoms with van der Waals surface area (Å²) in [6.45, 7) is 6.09. The van der Waals surface area contributed by atoms with E-state index in [0.717, 1.165) is 18.5 Å². The van der Waals surface area contributed by atoms with Gasteiger partial charge in [-0.3, -0.25) is 4.98 Å². The molecule has 1 atom stereocenters. The highest BCUT2D eigenvalue weighted by Gasteiger charge is 2.08. The number of aromatic nitrogens is 1. The van der Waals surface area contributed by atoms with E-state index in [4.69, 9.17) is 0 Å². The van der Waals surface area contributed by atoms with Crippen molar-refractivity contribution in [3.05, 3.63) is 78.1 Å². The molecule has 0 saturated carbocycles. The number of hydrogen-bond donors (Lipinski definition) is 0. The smallest absolute Gasteiger partial charge is 0.0413 e. The molecule has 0 aliphatic rings. The first-order valence-electron chi connectivity index (χ1n) is 6.44. The summed E-state index contributed by atoms with van der Waals surface area (Å²) in [6.07, 6.45) is 5.93. The molecule has 0 aliphatic carbocycles. The summed E-state index contributed by atoms with van der Waals surface area (Å²) in [5, 5.41) is 0. The second kappa shape index (κ2) is 6.15. The first kappa shape index (κ1) is 12.6. The van der Waals surface area contributed by atoms with Gasteiger partial charge in [-0.05, 0) is 30.0 Å². The average Bonchev–Trinajstić information content (AvgIpc) is 2.46. The van der Waals surface area contributed by atoms with Gasteiger partial charge in [0.05, 0.1) is 0 Å². The highest BCUT2D eigenvalue weighted by atomic mass is 14.7. The fourth-order valence-corrected chi connectivity index (χ4v) is 2.05. The molecule has 0 N–H and O–H groups in total.